The zero-order valence-electron chi connectivity index (χ0n) is 12.9. The summed E-state index contributed by atoms with van der Waals surface area (Å²) in [7, 11) is 4.16. The second-order valence-electron chi connectivity index (χ2n) is 5.11. The van der Waals surface area contributed by atoms with Gasteiger partial charge in [0.25, 0.3) is 0 Å². The first-order valence-corrected chi connectivity index (χ1v) is 8.37. The van der Waals surface area contributed by atoms with Crippen LogP contribution in [0.5, 0.6) is 0 Å². The highest BCUT2D eigenvalue weighted by Gasteiger charge is 2.23. The average Bonchev–Trinajstić information content (AvgIpc) is 2.77. The number of likely N-dealkylation sites (N-methyl/N-ethyl adjacent to an activating group) is 1. The van der Waals surface area contributed by atoms with Gasteiger partial charge >= 0.3 is 0 Å². The van der Waals surface area contributed by atoms with Gasteiger partial charge in [0.1, 0.15) is 0 Å². The minimum atomic E-state index is 0.264. The summed E-state index contributed by atoms with van der Waals surface area (Å²) in [6, 6.07) is 0.798. The van der Waals surface area contributed by atoms with Gasteiger partial charge in [0.05, 0.1) is 11.7 Å². The van der Waals surface area contributed by atoms with E-state index < -0.39 is 0 Å². The van der Waals surface area contributed by atoms with Crippen molar-refractivity contribution in [2.24, 2.45) is 12.8 Å². The second-order valence-corrected chi connectivity index (χ2v) is 6.09. The zero-order chi connectivity index (χ0) is 14.4. The third kappa shape index (κ3) is 4.23. The van der Waals surface area contributed by atoms with Crippen molar-refractivity contribution >= 4 is 11.8 Å². The van der Waals surface area contributed by atoms with Crippen LogP contribution in [0.3, 0.4) is 0 Å². The van der Waals surface area contributed by atoms with Crippen LogP contribution < -0.4 is 5.73 Å². The van der Waals surface area contributed by atoms with Crippen molar-refractivity contribution in [3.63, 3.8) is 0 Å². The standard InChI is InChI=1S/C14H28N4S/c1-6-13-12(10-17(3)16-13)14(9-15)18(4)11(2)7-8-19-5/h10-11,14H,6-9,15H2,1-5H3. The highest BCUT2D eigenvalue weighted by atomic mass is 32.2. The highest BCUT2D eigenvalue weighted by molar-refractivity contribution is 7.98. The van der Waals surface area contributed by atoms with Gasteiger partial charge in [-0.1, -0.05) is 6.92 Å². The monoisotopic (exact) mass is 284 g/mol. The molecule has 1 heterocycles. The molecule has 0 spiro atoms. The molecule has 1 aromatic rings. The number of rotatable bonds is 8. The average molecular weight is 284 g/mol. The van der Waals surface area contributed by atoms with Crippen molar-refractivity contribution < 1.29 is 0 Å². The van der Waals surface area contributed by atoms with Crippen molar-refractivity contribution in [2.75, 3.05) is 25.6 Å². The van der Waals surface area contributed by atoms with Crippen LogP contribution >= 0.6 is 11.8 Å². The molecular weight excluding hydrogens is 256 g/mol. The third-order valence-corrected chi connectivity index (χ3v) is 4.43. The first-order valence-electron chi connectivity index (χ1n) is 6.98. The normalized spacial score (nSPS) is 14.9. The molecule has 0 fully saturated rings. The van der Waals surface area contributed by atoms with E-state index in [1.54, 1.807) is 0 Å². The van der Waals surface area contributed by atoms with Gasteiger partial charge in [-0.05, 0) is 38.8 Å². The smallest absolute Gasteiger partial charge is 0.0670 e. The molecule has 0 saturated carbocycles. The van der Waals surface area contributed by atoms with Crippen LogP contribution in [0.4, 0.5) is 0 Å². The molecule has 2 unspecified atom stereocenters. The largest absolute Gasteiger partial charge is 0.329 e. The summed E-state index contributed by atoms with van der Waals surface area (Å²) in [4.78, 5) is 2.40. The Morgan fingerprint density at radius 3 is 2.74 bits per heavy atom. The number of thioether (sulfide) groups is 1. The quantitative estimate of drug-likeness (QED) is 0.794. The molecule has 0 aliphatic carbocycles. The third-order valence-electron chi connectivity index (χ3n) is 3.78. The number of hydrogen-bond acceptors (Lipinski definition) is 4. The lowest BCUT2D eigenvalue weighted by molar-refractivity contribution is 0.185. The van der Waals surface area contributed by atoms with Gasteiger partial charge in [-0.15, -0.1) is 0 Å². The van der Waals surface area contributed by atoms with Crippen molar-refractivity contribution in [1.82, 2.24) is 14.7 Å². The predicted molar refractivity (Wildman–Crippen MR) is 84.6 cm³/mol. The molecule has 110 valence electrons. The maximum atomic E-state index is 6.02. The van der Waals surface area contributed by atoms with Gasteiger partial charge in [-0.25, -0.2) is 0 Å². The molecule has 0 aliphatic rings. The van der Waals surface area contributed by atoms with Crippen LogP contribution in [0.25, 0.3) is 0 Å². The molecule has 1 aromatic heterocycles. The molecule has 4 nitrogen and oxygen atoms in total. The maximum Gasteiger partial charge on any atom is 0.0670 e. The predicted octanol–water partition coefficient (Wildman–Crippen LogP) is 2.06. The van der Waals surface area contributed by atoms with Crippen LogP contribution in [0.2, 0.25) is 0 Å². The van der Waals surface area contributed by atoms with Gasteiger partial charge in [0.2, 0.25) is 0 Å². The van der Waals surface area contributed by atoms with E-state index in [0.29, 0.717) is 12.6 Å². The molecule has 0 aliphatic heterocycles. The van der Waals surface area contributed by atoms with E-state index in [2.05, 4.69) is 43.3 Å². The Balaban J connectivity index is 2.86. The molecular formula is C14H28N4S. The van der Waals surface area contributed by atoms with Crippen molar-refractivity contribution in [1.29, 1.82) is 0 Å². The fourth-order valence-corrected chi connectivity index (χ4v) is 2.99. The molecule has 2 atom stereocenters. The molecule has 0 amide bonds. The number of nitrogens with two attached hydrogens (primary N) is 1. The highest BCUT2D eigenvalue weighted by Crippen LogP contribution is 2.24. The fraction of sp³-hybridized carbons (Fsp3) is 0.786. The molecule has 2 N–H and O–H groups in total. The lowest BCUT2D eigenvalue weighted by Gasteiger charge is -2.32. The van der Waals surface area contributed by atoms with E-state index in [-0.39, 0.29) is 6.04 Å². The molecule has 0 bridgehead atoms. The summed E-state index contributed by atoms with van der Waals surface area (Å²) in [5.74, 6) is 1.19. The first kappa shape index (κ1) is 16.5. The van der Waals surface area contributed by atoms with E-state index in [4.69, 9.17) is 5.73 Å². The minimum Gasteiger partial charge on any atom is -0.329 e. The number of nitrogens with zero attached hydrogens (tertiary/aromatic N) is 3. The topological polar surface area (TPSA) is 47.1 Å². The Bertz CT molecular complexity index is 378. The summed E-state index contributed by atoms with van der Waals surface area (Å²) in [6.45, 7) is 5.07. The van der Waals surface area contributed by atoms with Crippen molar-refractivity contribution in [2.45, 2.75) is 38.8 Å². The van der Waals surface area contributed by atoms with E-state index in [1.165, 1.54) is 23.4 Å². The zero-order valence-corrected chi connectivity index (χ0v) is 13.7. The molecule has 1 rings (SSSR count). The molecule has 5 heteroatoms. The van der Waals surface area contributed by atoms with E-state index in [9.17, 15) is 0 Å². The van der Waals surface area contributed by atoms with Crippen molar-refractivity contribution in [3.05, 3.63) is 17.5 Å². The van der Waals surface area contributed by atoms with Gasteiger partial charge < -0.3 is 5.73 Å². The Morgan fingerprint density at radius 2 is 2.21 bits per heavy atom. The Morgan fingerprint density at radius 1 is 1.53 bits per heavy atom. The van der Waals surface area contributed by atoms with Crippen LogP contribution in [0.1, 0.15) is 37.6 Å². The van der Waals surface area contributed by atoms with Crippen molar-refractivity contribution in [3.8, 4) is 0 Å². The minimum absolute atomic E-state index is 0.264. The Hall–Kier alpha value is -0.520. The SMILES string of the molecule is CCc1nn(C)cc1C(CN)N(C)C(C)CCSC. The maximum absolute atomic E-state index is 6.02. The Kier molecular flexibility index (Phi) is 6.89. The summed E-state index contributed by atoms with van der Waals surface area (Å²) < 4.78 is 1.90. The molecule has 0 radical (unpaired) electrons. The number of aromatic nitrogens is 2. The van der Waals surface area contributed by atoms with Gasteiger partial charge in [0, 0.05) is 31.4 Å². The summed E-state index contributed by atoms with van der Waals surface area (Å²) >= 11 is 1.90. The summed E-state index contributed by atoms with van der Waals surface area (Å²) in [5, 5.41) is 4.53. The summed E-state index contributed by atoms with van der Waals surface area (Å²) in [5.41, 5.74) is 8.47. The number of aryl methyl sites for hydroxylation is 2. The van der Waals surface area contributed by atoms with Crippen LogP contribution in [0.15, 0.2) is 6.20 Å². The fourth-order valence-electron chi connectivity index (χ4n) is 2.42. The first-order chi connectivity index (χ1) is 9.04. The number of hydrogen-bond donors (Lipinski definition) is 1. The van der Waals surface area contributed by atoms with Gasteiger partial charge in [0.15, 0.2) is 0 Å². The lowest BCUT2D eigenvalue weighted by atomic mass is 10.0. The summed E-state index contributed by atoms with van der Waals surface area (Å²) in [6.07, 6.45) is 6.42. The van der Waals surface area contributed by atoms with Gasteiger partial charge in [-0.3, -0.25) is 9.58 Å². The molecule has 0 saturated heterocycles. The van der Waals surface area contributed by atoms with Crippen LogP contribution in [-0.2, 0) is 13.5 Å². The van der Waals surface area contributed by atoms with E-state index >= 15 is 0 Å². The van der Waals surface area contributed by atoms with Gasteiger partial charge in [-0.2, -0.15) is 16.9 Å². The molecule has 19 heavy (non-hydrogen) atoms. The van der Waals surface area contributed by atoms with Crippen LogP contribution in [-0.4, -0.2) is 46.3 Å². The molecule has 0 aromatic carbocycles. The Labute approximate surface area is 121 Å². The second kappa shape index (κ2) is 7.92. The lowest BCUT2D eigenvalue weighted by Crippen LogP contribution is -2.37. The van der Waals surface area contributed by atoms with E-state index in [1.807, 2.05) is 23.5 Å². The van der Waals surface area contributed by atoms with E-state index in [0.717, 1.165) is 6.42 Å². The van der Waals surface area contributed by atoms with Crippen LogP contribution in [0, 0.1) is 0 Å².